The standard InChI is InChI=1S/C66H59N4O.Pt/c1-8-66(9-2,49-26-17-12-18-27-49)50-36-37-67-63(42-50)70-59-35-32-47(46-22-13-10-14-23-46)38-58(59)57-34-33-56(44-62(57)70)71-55-29-21-28-53(43-55)68-45-69(61-31-20-19-30-60(61)68)54-40-51(64(3,4)5)39-52(41-54)65(6,7)48-24-15-11-16-25-48;/h10-42,45H,8-9H2,1-7H3;/q-3;. The van der Waals surface area contributed by atoms with Crippen LogP contribution in [0.1, 0.15) is 89.1 Å². The van der Waals surface area contributed by atoms with Crippen molar-refractivity contribution in [3.05, 3.63) is 247 Å². The molecule has 2 aromatic heterocycles. The third-order valence-corrected chi connectivity index (χ3v) is 15.0. The minimum absolute atomic E-state index is 0. The Labute approximate surface area is 440 Å². The molecule has 72 heavy (non-hydrogen) atoms. The topological polar surface area (TPSA) is 33.5 Å². The molecule has 0 amide bonds. The molecule has 0 unspecified atom stereocenters. The van der Waals surface area contributed by atoms with Crippen molar-refractivity contribution in [1.82, 2.24) is 9.55 Å². The van der Waals surface area contributed by atoms with Gasteiger partial charge in [-0.15, -0.1) is 48.1 Å². The number of nitrogens with zero attached hydrogens (tertiary/aromatic N) is 4. The molecule has 0 aliphatic carbocycles. The minimum atomic E-state index is -0.214. The van der Waals surface area contributed by atoms with Crippen molar-refractivity contribution in [3.8, 4) is 28.4 Å². The van der Waals surface area contributed by atoms with Crippen LogP contribution < -0.4 is 14.5 Å². The van der Waals surface area contributed by atoms with Gasteiger partial charge in [-0.1, -0.05) is 175 Å². The number of hydrogen-bond acceptors (Lipinski definition) is 4. The van der Waals surface area contributed by atoms with Gasteiger partial charge in [-0.25, -0.2) is 4.98 Å². The van der Waals surface area contributed by atoms with Crippen LogP contribution in [0.25, 0.3) is 38.8 Å². The Hall–Kier alpha value is -7.20. The fourth-order valence-corrected chi connectivity index (χ4v) is 10.7. The number of hydrogen-bond donors (Lipinski definition) is 0. The predicted octanol–water partition coefficient (Wildman–Crippen LogP) is 17.4. The first-order valence-corrected chi connectivity index (χ1v) is 25.0. The molecule has 362 valence electrons. The Morgan fingerprint density at radius 1 is 0.514 bits per heavy atom. The van der Waals surface area contributed by atoms with Gasteiger partial charge in [-0.2, -0.15) is 12.1 Å². The summed E-state index contributed by atoms with van der Waals surface area (Å²) in [6, 6.07) is 76.8. The maximum atomic E-state index is 6.79. The molecular formula is C66H59N4OPt-3. The summed E-state index contributed by atoms with van der Waals surface area (Å²) in [6.45, 7) is 18.3. The van der Waals surface area contributed by atoms with Gasteiger partial charge in [-0.05, 0) is 105 Å². The van der Waals surface area contributed by atoms with E-state index in [-0.39, 0.29) is 37.3 Å². The maximum absolute atomic E-state index is 6.79. The van der Waals surface area contributed by atoms with Crippen molar-refractivity contribution in [3.63, 3.8) is 0 Å². The predicted molar refractivity (Wildman–Crippen MR) is 295 cm³/mol. The van der Waals surface area contributed by atoms with Crippen molar-refractivity contribution in [2.75, 3.05) is 9.80 Å². The molecule has 10 aromatic rings. The number of aromatic nitrogens is 2. The Morgan fingerprint density at radius 3 is 1.85 bits per heavy atom. The number of pyridine rings is 1. The maximum Gasteiger partial charge on any atom is 0.135 e. The fraction of sp³-hybridized carbons (Fsp3) is 0.182. The quantitative estimate of drug-likeness (QED) is 0.114. The van der Waals surface area contributed by atoms with Gasteiger partial charge in [0, 0.05) is 72.2 Å². The largest absolute Gasteiger partial charge is 0.509 e. The zero-order chi connectivity index (χ0) is 48.9. The van der Waals surface area contributed by atoms with Crippen molar-refractivity contribution < 1.29 is 25.8 Å². The van der Waals surface area contributed by atoms with Crippen LogP contribution >= 0.6 is 0 Å². The first kappa shape index (κ1) is 48.4. The Balaban J connectivity index is 0.00000596. The molecule has 6 heteroatoms. The summed E-state index contributed by atoms with van der Waals surface area (Å²) in [5, 5.41) is 2.20. The van der Waals surface area contributed by atoms with Crippen LogP contribution in [-0.4, -0.2) is 9.55 Å². The van der Waals surface area contributed by atoms with Crippen LogP contribution in [0.5, 0.6) is 11.5 Å². The zero-order valence-corrected chi connectivity index (χ0v) is 44.3. The molecule has 0 saturated carbocycles. The molecule has 0 spiro atoms. The van der Waals surface area contributed by atoms with E-state index in [9.17, 15) is 0 Å². The SMILES string of the molecule is CCC(CC)(c1ccccc1)c1ccnc(-n2c3[c-]c(Oc4[c-]c(N5[CH-]N(c6cc(C(C)(C)C)cc(C(C)(C)c7ccccc7)c6)c6ccccc65)ccc4)ccc3c3cc(-c4ccccc4)ccc32)c1.[Pt]. The van der Waals surface area contributed by atoms with Crippen LogP contribution in [-0.2, 0) is 37.3 Å². The van der Waals surface area contributed by atoms with Gasteiger partial charge in [0.2, 0.25) is 0 Å². The van der Waals surface area contributed by atoms with Gasteiger partial charge < -0.3 is 19.1 Å². The summed E-state index contributed by atoms with van der Waals surface area (Å²) in [5.74, 6) is 2.03. The summed E-state index contributed by atoms with van der Waals surface area (Å²) < 4.78 is 9.04. The molecule has 11 rings (SSSR count). The molecule has 1 aliphatic rings. The molecule has 0 radical (unpaired) electrons. The molecule has 0 atom stereocenters. The van der Waals surface area contributed by atoms with Crippen LogP contribution in [0.2, 0.25) is 0 Å². The van der Waals surface area contributed by atoms with Gasteiger partial charge in [0.05, 0.1) is 0 Å². The van der Waals surface area contributed by atoms with Crippen molar-refractivity contribution >= 4 is 44.6 Å². The van der Waals surface area contributed by atoms with E-state index >= 15 is 0 Å². The van der Waals surface area contributed by atoms with E-state index in [4.69, 9.17) is 9.72 Å². The third kappa shape index (κ3) is 8.72. The molecular weight excluding hydrogens is 1060 g/mol. The second-order valence-corrected chi connectivity index (χ2v) is 20.4. The number of para-hydroxylation sites is 2. The number of fused-ring (bicyclic) bond motifs is 4. The van der Waals surface area contributed by atoms with E-state index in [0.717, 1.165) is 68.8 Å². The normalized spacial score (nSPS) is 12.8. The van der Waals surface area contributed by atoms with E-state index in [1.54, 1.807) is 0 Å². The van der Waals surface area contributed by atoms with Gasteiger partial charge >= 0.3 is 0 Å². The summed E-state index contributed by atoms with van der Waals surface area (Å²) in [6.07, 6.45) is 3.88. The number of benzene rings is 8. The zero-order valence-electron chi connectivity index (χ0n) is 42.1. The van der Waals surface area contributed by atoms with E-state index in [1.165, 1.54) is 33.4 Å². The summed E-state index contributed by atoms with van der Waals surface area (Å²) in [5.41, 5.74) is 14.4. The van der Waals surface area contributed by atoms with Crippen molar-refractivity contribution in [1.29, 1.82) is 0 Å². The number of anilines is 4. The van der Waals surface area contributed by atoms with Crippen LogP contribution in [0.4, 0.5) is 22.7 Å². The second-order valence-electron chi connectivity index (χ2n) is 20.4. The Kier molecular flexibility index (Phi) is 13.1. The van der Waals surface area contributed by atoms with Crippen LogP contribution in [0.3, 0.4) is 0 Å². The average molecular weight is 1120 g/mol. The first-order valence-electron chi connectivity index (χ1n) is 25.0. The van der Waals surface area contributed by atoms with Gasteiger partial charge in [0.1, 0.15) is 5.82 Å². The van der Waals surface area contributed by atoms with E-state index in [1.807, 2.05) is 24.4 Å². The molecule has 0 bridgehead atoms. The molecule has 0 fully saturated rings. The Morgan fingerprint density at radius 2 is 1.15 bits per heavy atom. The first-order chi connectivity index (χ1) is 34.4. The fourth-order valence-electron chi connectivity index (χ4n) is 10.7. The van der Waals surface area contributed by atoms with Gasteiger partial charge in [0.25, 0.3) is 0 Å². The van der Waals surface area contributed by atoms with Gasteiger partial charge in [-0.3, -0.25) is 0 Å². The van der Waals surface area contributed by atoms with Crippen LogP contribution in [0.15, 0.2) is 200 Å². The van der Waals surface area contributed by atoms with Crippen molar-refractivity contribution in [2.45, 2.75) is 77.6 Å². The average Bonchev–Trinajstić information content (AvgIpc) is 3.96. The molecule has 3 heterocycles. The minimum Gasteiger partial charge on any atom is -0.509 e. The smallest absolute Gasteiger partial charge is 0.135 e. The Bertz CT molecular complexity index is 3540. The molecule has 1 aliphatic heterocycles. The summed E-state index contributed by atoms with van der Waals surface area (Å²) in [4.78, 5) is 9.61. The van der Waals surface area contributed by atoms with E-state index in [0.29, 0.717) is 11.5 Å². The molecule has 5 nitrogen and oxygen atoms in total. The monoisotopic (exact) mass is 1120 g/mol. The molecule has 0 N–H and O–H groups in total. The van der Waals surface area contributed by atoms with E-state index in [2.05, 4.69) is 258 Å². The van der Waals surface area contributed by atoms with Crippen molar-refractivity contribution in [2.24, 2.45) is 0 Å². The molecule has 0 saturated heterocycles. The third-order valence-electron chi connectivity index (χ3n) is 15.0. The number of ether oxygens (including phenoxy) is 1. The summed E-state index contributed by atoms with van der Waals surface area (Å²) >= 11 is 0. The number of rotatable bonds is 12. The van der Waals surface area contributed by atoms with Crippen LogP contribution in [0, 0.1) is 18.8 Å². The van der Waals surface area contributed by atoms with Gasteiger partial charge in [0.15, 0.2) is 0 Å². The second kappa shape index (κ2) is 19.4. The molecule has 8 aromatic carbocycles. The van der Waals surface area contributed by atoms with E-state index < -0.39 is 0 Å². The summed E-state index contributed by atoms with van der Waals surface area (Å²) in [7, 11) is 0.